The fourth-order valence-corrected chi connectivity index (χ4v) is 3.45. The van der Waals surface area contributed by atoms with Crippen molar-refractivity contribution in [1.82, 2.24) is 4.98 Å². The van der Waals surface area contributed by atoms with Gasteiger partial charge in [0.1, 0.15) is 11.6 Å². The van der Waals surface area contributed by atoms with Crippen LogP contribution in [0.3, 0.4) is 0 Å². The van der Waals surface area contributed by atoms with Crippen LogP contribution >= 0.6 is 0 Å². The molecule has 2 aromatic rings. The Hall–Kier alpha value is -2.56. The number of carbonyl (C=O) groups is 1. The Balaban J connectivity index is 1.85. The minimum atomic E-state index is -0.367. The number of hydrogen-bond donors (Lipinski definition) is 1. The molecular formula is C17H16N2O3. The van der Waals surface area contributed by atoms with Gasteiger partial charge in [0.2, 0.25) is 0 Å². The van der Waals surface area contributed by atoms with E-state index in [0.29, 0.717) is 6.61 Å². The third-order valence-electron chi connectivity index (χ3n) is 4.46. The van der Waals surface area contributed by atoms with Gasteiger partial charge in [0.25, 0.3) is 0 Å². The van der Waals surface area contributed by atoms with Crippen molar-refractivity contribution in [1.29, 1.82) is 0 Å². The molecule has 0 saturated carbocycles. The van der Waals surface area contributed by atoms with Crippen LogP contribution in [0, 0.1) is 5.92 Å². The highest BCUT2D eigenvalue weighted by atomic mass is 16.5. The van der Waals surface area contributed by atoms with E-state index in [9.17, 15) is 4.79 Å². The third kappa shape index (κ3) is 1.85. The summed E-state index contributed by atoms with van der Waals surface area (Å²) < 4.78 is 10.9. The summed E-state index contributed by atoms with van der Waals surface area (Å²) in [6, 6.07) is 11.7. The second kappa shape index (κ2) is 5.02. The lowest BCUT2D eigenvalue weighted by molar-refractivity contribution is -0.144. The van der Waals surface area contributed by atoms with Crippen molar-refractivity contribution in [2.45, 2.75) is 12.0 Å². The van der Waals surface area contributed by atoms with Crippen LogP contribution in [0.5, 0.6) is 5.75 Å². The van der Waals surface area contributed by atoms with Gasteiger partial charge in [-0.3, -0.25) is 4.79 Å². The molecule has 0 fully saturated rings. The first-order chi connectivity index (χ1) is 10.8. The number of rotatable bonds is 1. The molecule has 0 radical (unpaired) electrons. The van der Waals surface area contributed by atoms with E-state index in [1.54, 1.807) is 6.20 Å². The van der Waals surface area contributed by atoms with Gasteiger partial charge < -0.3 is 14.8 Å². The standard InChI is InChI=1S/C17H16N2O3/c1-21-17(20)14-11-6-4-8-18-16(11)19-15-10-5-2-3-7-13(10)22-9-12(14)15/h2-8,12,14-15H,9H2,1H3,(H,18,19)/t12-,14+,15+/m1/s1. The van der Waals surface area contributed by atoms with Gasteiger partial charge in [0, 0.05) is 23.2 Å². The number of hydrogen-bond acceptors (Lipinski definition) is 5. The summed E-state index contributed by atoms with van der Waals surface area (Å²) in [7, 11) is 1.42. The van der Waals surface area contributed by atoms with Crippen molar-refractivity contribution in [3.63, 3.8) is 0 Å². The molecule has 1 N–H and O–H groups in total. The molecule has 0 unspecified atom stereocenters. The highest BCUT2D eigenvalue weighted by Crippen LogP contribution is 2.48. The lowest BCUT2D eigenvalue weighted by atomic mass is 9.75. The maximum atomic E-state index is 12.4. The summed E-state index contributed by atoms with van der Waals surface area (Å²) in [6.45, 7) is 0.475. The summed E-state index contributed by atoms with van der Waals surface area (Å²) in [6.07, 6.45) is 1.73. The number of nitrogens with zero attached hydrogens (tertiary/aromatic N) is 1. The van der Waals surface area contributed by atoms with Crippen LogP contribution in [0.4, 0.5) is 5.82 Å². The van der Waals surface area contributed by atoms with E-state index in [2.05, 4.69) is 10.3 Å². The van der Waals surface area contributed by atoms with E-state index in [-0.39, 0.29) is 23.8 Å². The van der Waals surface area contributed by atoms with Crippen LogP contribution in [-0.2, 0) is 9.53 Å². The largest absolute Gasteiger partial charge is 0.493 e. The molecule has 0 spiro atoms. The first kappa shape index (κ1) is 13.1. The number of methoxy groups -OCH3 is 1. The van der Waals surface area contributed by atoms with Crippen LogP contribution in [0.2, 0.25) is 0 Å². The Bertz CT molecular complexity index is 731. The van der Waals surface area contributed by atoms with Crippen LogP contribution in [-0.4, -0.2) is 24.7 Å². The molecule has 5 nitrogen and oxygen atoms in total. The van der Waals surface area contributed by atoms with Gasteiger partial charge in [-0.05, 0) is 12.1 Å². The molecule has 2 aliphatic rings. The highest BCUT2D eigenvalue weighted by Gasteiger charge is 2.45. The number of esters is 1. The first-order valence-electron chi connectivity index (χ1n) is 7.30. The minimum Gasteiger partial charge on any atom is -0.493 e. The van der Waals surface area contributed by atoms with E-state index in [1.165, 1.54) is 7.11 Å². The zero-order valence-corrected chi connectivity index (χ0v) is 12.2. The molecule has 3 heterocycles. The summed E-state index contributed by atoms with van der Waals surface area (Å²) in [4.78, 5) is 16.8. The normalized spacial score (nSPS) is 24.9. The first-order valence-corrected chi connectivity index (χ1v) is 7.30. The zero-order chi connectivity index (χ0) is 15.1. The number of pyridine rings is 1. The summed E-state index contributed by atoms with van der Waals surface area (Å²) in [5, 5.41) is 3.47. The Morgan fingerprint density at radius 3 is 2.95 bits per heavy atom. The second-order valence-corrected chi connectivity index (χ2v) is 5.58. The summed E-state index contributed by atoms with van der Waals surface area (Å²) >= 11 is 0. The molecule has 112 valence electrons. The van der Waals surface area contributed by atoms with E-state index in [0.717, 1.165) is 22.7 Å². The maximum absolute atomic E-state index is 12.4. The van der Waals surface area contributed by atoms with E-state index < -0.39 is 0 Å². The summed E-state index contributed by atoms with van der Waals surface area (Å²) in [5.74, 6) is 0.983. The molecule has 0 bridgehead atoms. The second-order valence-electron chi connectivity index (χ2n) is 5.58. The maximum Gasteiger partial charge on any atom is 0.313 e. The molecule has 2 aliphatic heterocycles. The Kier molecular flexibility index (Phi) is 2.99. The lowest BCUT2D eigenvalue weighted by Gasteiger charge is -2.42. The van der Waals surface area contributed by atoms with E-state index >= 15 is 0 Å². The van der Waals surface area contributed by atoms with E-state index in [1.807, 2.05) is 36.4 Å². The number of aromatic nitrogens is 1. The van der Waals surface area contributed by atoms with Gasteiger partial charge in [-0.25, -0.2) is 4.98 Å². The lowest BCUT2D eigenvalue weighted by Crippen LogP contribution is -2.42. The van der Waals surface area contributed by atoms with Crippen molar-refractivity contribution in [3.05, 3.63) is 53.7 Å². The monoisotopic (exact) mass is 296 g/mol. The number of fused-ring (bicyclic) bond motifs is 4. The van der Waals surface area contributed by atoms with Crippen molar-refractivity contribution < 1.29 is 14.3 Å². The summed E-state index contributed by atoms with van der Waals surface area (Å²) in [5.41, 5.74) is 1.93. The smallest absolute Gasteiger partial charge is 0.313 e. The quantitative estimate of drug-likeness (QED) is 0.819. The number of carbonyl (C=O) groups excluding carboxylic acids is 1. The minimum absolute atomic E-state index is 0.00329. The number of anilines is 1. The molecule has 22 heavy (non-hydrogen) atoms. The Morgan fingerprint density at radius 1 is 1.27 bits per heavy atom. The van der Waals surface area contributed by atoms with Gasteiger partial charge >= 0.3 is 5.97 Å². The SMILES string of the molecule is COC(=O)[C@H]1c2cccnc2N[C@H]2c3ccccc3OC[C@@H]21. The Morgan fingerprint density at radius 2 is 2.09 bits per heavy atom. The van der Waals surface area contributed by atoms with Gasteiger partial charge in [-0.15, -0.1) is 0 Å². The van der Waals surface area contributed by atoms with Crippen molar-refractivity contribution in [2.24, 2.45) is 5.92 Å². The fourth-order valence-electron chi connectivity index (χ4n) is 3.45. The average Bonchev–Trinajstić information content (AvgIpc) is 2.59. The fraction of sp³-hybridized carbons (Fsp3) is 0.294. The molecule has 4 rings (SSSR count). The molecule has 0 saturated heterocycles. The van der Waals surface area contributed by atoms with Crippen LogP contribution in [0.15, 0.2) is 42.6 Å². The van der Waals surface area contributed by atoms with Crippen molar-refractivity contribution >= 4 is 11.8 Å². The molecule has 5 heteroatoms. The number of nitrogens with one attached hydrogen (secondary N) is 1. The van der Waals surface area contributed by atoms with Gasteiger partial charge in [-0.1, -0.05) is 24.3 Å². The predicted octanol–water partition coefficient (Wildman–Crippen LogP) is 2.51. The van der Waals surface area contributed by atoms with Gasteiger partial charge in [-0.2, -0.15) is 0 Å². The van der Waals surface area contributed by atoms with Crippen LogP contribution in [0.25, 0.3) is 0 Å². The van der Waals surface area contributed by atoms with Crippen molar-refractivity contribution in [2.75, 3.05) is 19.0 Å². The Labute approximate surface area is 128 Å². The van der Waals surface area contributed by atoms with Crippen molar-refractivity contribution in [3.8, 4) is 5.75 Å². The predicted molar refractivity (Wildman–Crippen MR) is 80.8 cm³/mol. The third-order valence-corrected chi connectivity index (χ3v) is 4.46. The van der Waals surface area contributed by atoms with Gasteiger partial charge in [0.15, 0.2) is 0 Å². The molecule has 3 atom stereocenters. The zero-order valence-electron chi connectivity index (χ0n) is 12.2. The molecule has 1 aromatic carbocycles. The highest BCUT2D eigenvalue weighted by molar-refractivity contribution is 5.82. The van der Waals surface area contributed by atoms with Crippen LogP contribution < -0.4 is 10.1 Å². The number of ether oxygens (including phenoxy) is 2. The number of para-hydroxylation sites is 1. The number of benzene rings is 1. The van der Waals surface area contributed by atoms with Crippen LogP contribution in [0.1, 0.15) is 23.1 Å². The average molecular weight is 296 g/mol. The molecule has 0 aliphatic carbocycles. The van der Waals surface area contributed by atoms with Gasteiger partial charge in [0.05, 0.1) is 25.7 Å². The molecular weight excluding hydrogens is 280 g/mol. The molecule has 0 amide bonds. The van der Waals surface area contributed by atoms with E-state index in [4.69, 9.17) is 9.47 Å². The topological polar surface area (TPSA) is 60.5 Å². The molecule has 1 aromatic heterocycles.